The highest BCUT2D eigenvalue weighted by molar-refractivity contribution is 7.90. The van der Waals surface area contributed by atoms with Gasteiger partial charge in [-0.2, -0.15) is 0 Å². The van der Waals surface area contributed by atoms with E-state index in [0.29, 0.717) is 23.4 Å². The van der Waals surface area contributed by atoms with E-state index in [1.165, 1.54) is 24.3 Å². The third kappa shape index (κ3) is 3.62. The largest absolute Gasteiger partial charge is 0.326 e. The summed E-state index contributed by atoms with van der Waals surface area (Å²) >= 11 is 0. The molecule has 0 spiro atoms. The Bertz CT molecular complexity index is 993. The van der Waals surface area contributed by atoms with Crippen LogP contribution >= 0.6 is 0 Å². The first-order valence-electron chi connectivity index (χ1n) is 8.12. The fourth-order valence-electron chi connectivity index (χ4n) is 3.06. The Hall–Kier alpha value is -2.67. The lowest BCUT2D eigenvalue weighted by Gasteiger charge is -2.32. The number of anilines is 2. The van der Waals surface area contributed by atoms with E-state index in [4.69, 9.17) is 0 Å². The van der Waals surface area contributed by atoms with E-state index < -0.39 is 9.84 Å². The second kappa shape index (κ2) is 6.25. The number of sulfone groups is 1. The number of hydrogen-bond donors (Lipinski definition) is 2. The lowest BCUT2D eigenvalue weighted by molar-refractivity contribution is -0.117. The number of carbonyl (C=O) groups is 2. The number of amides is 2. The van der Waals surface area contributed by atoms with Crippen LogP contribution in [-0.4, -0.2) is 26.5 Å². The summed E-state index contributed by atoms with van der Waals surface area (Å²) in [4.78, 5) is 24.4. The predicted octanol–water partition coefficient (Wildman–Crippen LogP) is 2.96. The molecule has 2 aromatic rings. The summed E-state index contributed by atoms with van der Waals surface area (Å²) in [7, 11) is -3.30. The lowest BCUT2D eigenvalue weighted by Crippen LogP contribution is -2.32. The van der Waals surface area contributed by atoms with Crippen molar-refractivity contribution in [3.8, 4) is 0 Å². The minimum absolute atomic E-state index is 0.0534. The Labute approximate surface area is 152 Å². The van der Waals surface area contributed by atoms with Crippen LogP contribution in [0.3, 0.4) is 0 Å². The molecular formula is C19H20N2O4S. The van der Waals surface area contributed by atoms with Crippen LogP contribution < -0.4 is 10.6 Å². The van der Waals surface area contributed by atoms with Crippen LogP contribution in [0.25, 0.3) is 0 Å². The summed E-state index contributed by atoms with van der Waals surface area (Å²) in [5.41, 5.74) is 2.35. The summed E-state index contributed by atoms with van der Waals surface area (Å²) in [5.74, 6) is -0.409. The van der Waals surface area contributed by atoms with Gasteiger partial charge >= 0.3 is 0 Å². The molecule has 1 aliphatic heterocycles. The van der Waals surface area contributed by atoms with E-state index in [2.05, 4.69) is 10.6 Å². The average Bonchev–Trinajstić information content (AvgIpc) is 2.52. The van der Waals surface area contributed by atoms with Crippen molar-refractivity contribution >= 4 is 33.0 Å². The SMILES string of the molecule is CC1(C)CC(=O)Nc2cc(NC(=O)c3ccc(S(C)(=O)=O)cc3)ccc21. The van der Waals surface area contributed by atoms with Gasteiger partial charge in [-0.3, -0.25) is 9.59 Å². The van der Waals surface area contributed by atoms with E-state index in [9.17, 15) is 18.0 Å². The highest BCUT2D eigenvalue weighted by Crippen LogP contribution is 2.38. The zero-order valence-corrected chi connectivity index (χ0v) is 15.6. The summed E-state index contributed by atoms with van der Waals surface area (Å²) in [6.07, 6.45) is 1.53. The fraction of sp³-hybridized carbons (Fsp3) is 0.263. The minimum Gasteiger partial charge on any atom is -0.326 e. The minimum atomic E-state index is -3.30. The van der Waals surface area contributed by atoms with Crippen molar-refractivity contribution in [1.82, 2.24) is 0 Å². The highest BCUT2D eigenvalue weighted by atomic mass is 32.2. The summed E-state index contributed by atoms with van der Waals surface area (Å²) in [5, 5.41) is 5.61. The van der Waals surface area contributed by atoms with Gasteiger partial charge in [0.15, 0.2) is 9.84 Å². The Kier molecular flexibility index (Phi) is 4.36. The van der Waals surface area contributed by atoms with Crippen LogP contribution in [0.2, 0.25) is 0 Å². The summed E-state index contributed by atoms with van der Waals surface area (Å²) in [6, 6.07) is 11.2. The number of benzene rings is 2. The van der Waals surface area contributed by atoms with E-state index >= 15 is 0 Å². The van der Waals surface area contributed by atoms with Gasteiger partial charge in [-0.15, -0.1) is 0 Å². The number of hydrogen-bond acceptors (Lipinski definition) is 4. The monoisotopic (exact) mass is 372 g/mol. The molecule has 136 valence electrons. The molecule has 1 aliphatic rings. The van der Waals surface area contributed by atoms with Gasteiger partial charge in [0.2, 0.25) is 5.91 Å². The average molecular weight is 372 g/mol. The van der Waals surface area contributed by atoms with Gasteiger partial charge < -0.3 is 10.6 Å². The van der Waals surface area contributed by atoms with Crippen LogP contribution in [0.5, 0.6) is 0 Å². The van der Waals surface area contributed by atoms with Crippen LogP contribution in [0, 0.1) is 0 Å². The molecule has 3 rings (SSSR count). The lowest BCUT2D eigenvalue weighted by atomic mass is 9.78. The van der Waals surface area contributed by atoms with Gasteiger partial charge in [0.1, 0.15) is 0 Å². The standard InChI is InChI=1S/C19H20N2O4S/c1-19(2)11-17(22)21-16-10-13(6-9-15(16)19)20-18(23)12-4-7-14(8-5-12)26(3,24)25/h4-10H,11H2,1-3H3,(H,20,23)(H,21,22). The molecular weight excluding hydrogens is 352 g/mol. The highest BCUT2D eigenvalue weighted by Gasteiger charge is 2.31. The first-order chi connectivity index (χ1) is 12.1. The molecule has 0 radical (unpaired) electrons. The molecule has 0 aromatic heterocycles. The number of fused-ring (bicyclic) bond motifs is 1. The van der Waals surface area contributed by atoms with Crippen LogP contribution in [0.15, 0.2) is 47.4 Å². The number of nitrogens with one attached hydrogen (secondary N) is 2. The van der Waals surface area contributed by atoms with Gasteiger partial charge in [-0.1, -0.05) is 19.9 Å². The molecule has 0 saturated heterocycles. The Balaban J connectivity index is 1.82. The number of carbonyl (C=O) groups excluding carboxylic acids is 2. The van der Waals surface area contributed by atoms with Crippen molar-refractivity contribution in [1.29, 1.82) is 0 Å². The predicted molar refractivity (Wildman–Crippen MR) is 100 cm³/mol. The quantitative estimate of drug-likeness (QED) is 0.866. The maximum absolute atomic E-state index is 12.4. The third-order valence-corrected chi connectivity index (χ3v) is 5.56. The van der Waals surface area contributed by atoms with Crippen molar-refractivity contribution in [2.75, 3.05) is 16.9 Å². The molecule has 2 amide bonds. The van der Waals surface area contributed by atoms with Crippen molar-refractivity contribution in [2.45, 2.75) is 30.6 Å². The molecule has 2 aromatic carbocycles. The Morgan fingerprint density at radius 1 is 1.12 bits per heavy atom. The zero-order valence-electron chi connectivity index (χ0n) is 14.8. The van der Waals surface area contributed by atoms with Crippen LogP contribution in [0.1, 0.15) is 36.2 Å². The maximum atomic E-state index is 12.4. The molecule has 0 aliphatic carbocycles. The fourth-order valence-corrected chi connectivity index (χ4v) is 3.69. The van der Waals surface area contributed by atoms with Crippen molar-refractivity contribution in [3.05, 3.63) is 53.6 Å². The zero-order chi connectivity index (χ0) is 19.1. The molecule has 0 atom stereocenters. The van der Waals surface area contributed by atoms with E-state index in [-0.39, 0.29) is 22.1 Å². The molecule has 7 heteroatoms. The van der Waals surface area contributed by atoms with Gasteiger partial charge in [0.25, 0.3) is 5.91 Å². The van der Waals surface area contributed by atoms with Crippen LogP contribution in [-0.2, 0) is 20.0 Å². The van der Waals surface area contributed by atoms with Crippen molar-refractivity contribution in [3.63, 3.8) is 0 Å². The molecule has 26 heavy (non-hydrogen) atoms. The molecule has 1 heterocycles. The molecule has 0 saturated carbocycles. The van der Waals surface area contributed by atoms with Gasteiger partial charge in [0, 0.05) is 35.0 Å². The molecule has 0 unspecified atom stereocenters. The summed E-state index contributed by atoms with van der Waals surface area (Å²) < 4.78 is 23.0. The first-order valence-corrected chi connectivity index (χ1v) is 10.0. The topological polar surface area (TPSA) is 92.3 Å². The first kappa shape index (κ1) is 18.1. The molecule has 0 bridgehead atoms. The molecule has 0 fully saturated rings. The maximum Gasteiger partial charge on any atom is 0.255 e. The van der Waals surface area contributed by atoms with Crippen molar-refractivity contribution in [2.24, 2.45) is 0 Å². The van der Waals surface area contributed by atoms with Gasteiger partial charge in [-0.05, 0) is 42.0 Å². The second-order valence-corrected chi connectivity index (χ2v) is 9.14. The third-order valence-electron chi connectivity index (χ3n) is 4.43. The summed E-state index contributed by atoms with van der Waals surface area (Å²) in [6.45, 7) is 4.01. The normalized spacial score (nSPS) is 15.7. The Morgan fingerprint density at radius 2 is 1.77 bits per heavy atom. The van der Waals surface area contributed by atoms with E-state index in [1.807, 2.05) is 19.9 Å². The van der Waals surface area contributed by atoms with Gasteiger partial charge in [0.05, 0.1) is 4.90 Å². The van der Waals surface area contributed by atoms with E-state index in [1.54, 1.807) is 12.1 Å². The Morgan fingerprint density at radius 3 is 2.38 bits per heavy atom. The van der Waals surface area contributed by atoms with Crippen molar-refractivity contribution < 1.29 is 18.0 Å². The smallest absolute Gasteiger partial charge is 0.255 e. The molecule has 2 N–H and O–H groups in total. The number of rotatable bonds is 3. The van der Waals surface area contributed by atoms with Gasteiger partial charge in [-0.25, -0.2) is 8.42 Å². The second-order valence-electron chi connectivity index (χ2n) is 7.12. The van der Waals surface area contributed by atoms with Crippen LogP contribution in [0.4, 0.5) is 11.4 Å². The van der Waals surface area contributed by atoms with E-state index in [0.717, 1.165) is 11.8 Å². The molecule has 6 nitrogen and oxygen atoms in total.